The number of carbonyl (C=O) groups is 1. The monoisotopic (exact) mass is 291 g/mol. The Hall–Kier alpha value is -0.570. The molecular weight excluding hydrogens is 262 g/mol. The number of hydrogen-bond acceptors (Lipinski definition) is 3. The first-order valence-corrected chi connectivity index (χ1v) is 9.03. The number of hydrogen-bond donors (Lipinski definition) is 0. The normalized spacial score (nSPS) is 49.3. The first kappa shape index (κ1) is 14.0. The summed E-state index contributed by atoms with van der Waals surface area (Å²) in [6.07, 6.45) is 9.37. The van der Waals surface area contributed by atoms with Crippen molar-refractivity contribution in [1.29, 1.82) is 0 Å². The third-order valence-corrected chi connectivity index (χ3v) is 7.01. The predicted octanol–water partition coefficient (Wildman–Crippen LogP) is 3.23. The SMILES string of the molecule is CC(=O)O[C@@H]1C[C@@H]2C[C@@H](C)C[C@]34[C@@H]2CCCN3CCC[C@H]14. The summed E-state index contributed by atoms with van der Waals surface area (Å²) in [4.78, 5) is 14.4. The summed E-state index contributed by atoms with van der Waals surface area (Å²) in [7, 11) is 0. The molecule has 2 saturated carbocycles. The van der Waals surface area contributed by atoms with Crippen LogP contribution in [-0.4, -0.2) is 35.6 Å². The average molecular weight is 291 g/mol. The molecule has 118 valence electrons. The fourth-order valence-electron chi connectivity index (χ4n) is 6.75. The lowest BCUT2D eigenvalue weighted by Gasteiger charge is -2.67. The van der Waals surface area contributed by atoms with E-state index in [-0.39, 0.29) is 12.1 Å². The van der Waals surface area contributed by atoms with Crippen LogP contribution in [0.2, 0.25) is 0 Å². The minimum absolute atomic E-state index is 0.0751. The van der Waals surface area contributed by atoms with Gasteiger partial charge in [0.1, 0.15) is 6.10 Å². The minimum Gasteiger partial charge on any atom is -0.462 e. The van der Waals surface area contributed by atoms with E-state index >= 15 is 0 Å². The highest BCUT2D eigenvalue weighted by Crippen LogP contribution is 2.60. The maximum atomic E-state index is 11.6. The van der Waals surface area contributed by atoms with Crippen molar-refractivity contribution in [3.8, 4) is 0 Å². The molecule has 3 nitrogen and oxygen atoms in total. The van der Waals surface area contributed by atoms with E-state index in [1.54, 1.807) is 6.92 Å². The van der Waals surface area contributed by atoms with Gasteiger partial charge in [0.25, 0.3) is 0 Å². The molecule has 1 spiro atoms. The van der Waals surface area contributed by atoms with Crippen LogP contribution >= 0.6 is 0 Å². The fraction of sp³-hybridized carbons (Fsp3) is 0.944. The van der Waals surface area contributed by atoms with Crippen LogP contribution in [0.4, 0.5) is 0 Å². The third kappa shape index (κ3) is 1.99. The van der Waals surface area contributed by atoms with Gasteiger partial charge in [-0.1, -0.05) is 6.92 Å². The summed E-state index contributed by atoms with van der Waals surface area (Å²) < 4.78 is 5.83. The summed E-state index contributed by atoms with van der Waals surface area (Å²) in [5.74, 6) is 3.02. The number of ether oxygens (including phenoxy) is 1. The highest BCUT2D eigenvalue weighted by molar-refractivity contribution is 5.66. The topological polar surface area (TPSA) is 29.5 Å². The van der Waals surface area contributed by atoms with Crippen molar-refractivity contribution in [2.45, 2.75) is 70.4 Å². The van der Waals surface area contributed by atoms with Crippen LogP contribution < -0.4 is 0 Å². The summed E-state index contributed by atoms with van der Waals surface area (Å²) >= 11 is 0. The number of carbonyl (C=O) groups excluding carboxylic acids is 1. The molecule has 2 bridgehead atoms. The molecule has 21 heavy (non-hydrogen) atoms. The van der Waals surface area contributed by atoms with Crippen LogP contribution in [0.5, 0.6) is 0 Å². The van der Waals surface area contributed by atoms with Gasteiger partial charge in [-0.25, -0.2) is 0 Å². The lowest BCUT2D eigenvalue weighted by Crippen LogP contribution is -2.72. The molecule has 4 fully saturated rings. The molecular formula is C18H29NO2. The summed E-state index contributed by atoms with van der Waals surface area (Å²) in [6.45, 7) is 6.59. The van der Waals surface area contributed by atoms with Crippen molar-refractivity contribution in [3.63, 3.8) is 0 Å². The van der Waals surface area contributed by atoms with Crippen molar-refractivity contribution in [1.82, 2.24) is 4.90 Å². The second kappa shape index (κ2) is 4.97. The highest BCUT2D eigenvalue weighted by Gasteiger charge is 2.62. The van der Waals surface area contributed by atoms with Crippen LogP contribution in [0, 0.1) is 23.7 Å². The molecule has 0 aromatic rings. The molecule has 2 saturated heterocycles. The van der Waals surface area contributed by atoms with Gasteiger partial charge in [0.15, 0.2) is 0 Å². The zero-order valence-corrected chi connectivity index (χ0v) is 13.5. The molecule has 6 atom stereocenters. The second-order valence-electron chi connectivity index (χ2n) is 8.16. The van der Waals surface area contributed by atoms with Gasteiger partial charge in [0.2, 0.25) is 0 Å². The van der Waals surface area contributed by atoms with E-state index in [2.05, 4.69) is 11.8 Å². The number of nitrogens with zero attached hydrogens (tertiary/aromatic N) is 1. The molecule has 0 N–H and O–H groups in total. The summed E-state index contributed by atoms with van der Waals surface area (Å²) in [6, 6.07) is 0. The molecule has 0 radical (unpaired) electrons. The largest absolute Gasteiger partial charge is 0.462 e. The molecule has 4 rings (SSSR count). The van der Waals surface area contributed by atoms with Crippen LogP contribution in [0.25, 0.3) is 0 Å². The van der Waals surface area contributed by atoms with E-state index in [9.17, 15) is 4.79 Å². The molecule has 0 aromatic heterocycles. The highest BCUT2D eigenvalue weighted by atomic mass is 16.5. The van der Waals surface area contributed by atoms with Crippen molar-refractivity contribution < 1.29 is 9.53 Å². The molecule has 0 unspecified atom stereocenters. The minimum atomic E-state index is -0.0751. The van der Waals surface area contributed by atoms with Crippen molar-refractivity contribution in [2.24, 2.45) is 23.7 Å². The molecule has 0 amide bonds. The van der Waals surface area contributed by atoms with Crippen LogP contribution in [-0.2, 0) is 9.53 Å². The van der Waals surface area contributed by atoms with Gasteiger partial charge in [0.05, 0.1) is 0 Å². The van der Waals surface area contributed by atoms with E-state index in [0.29, 0.717) is 11.5 Å². The molecule has 2 aliphatic heterocycles. The molecule has 4 aliphatic rings. The molecule has 0 aromatic carbocycles. The third-order valence-electron chi connectivity index (χ3n) is 7.01. The Kier molecular flexibility index (Phi) is 3.33. The Balaban J connectivity index is 1.74. The second-order valence-corrected chi connectivity index (χ2v) is 8.16. The zero-order valence-electron chi connectivity index (χ0n) is 13.5. The number of piperidine rings is 2. The fourth-order valence-corrected chi connectivity index (χ4v) is 6.75. The predicted molar refractivity (Wildman–Crippen MR) is 81.8 cm³/mol. The van der Waals surface area contributed by atoms with Gasteiger partial charge >= 0.3 is 5.97 Å². The average Bonchev–Trinajstić information content (AvgIpc) is 2.41. The lowest BCUT2D eigenvalue weighted by atomic mass is 9.48. The van der Waals surface area contributed by atoms with E-state index in [1.165, 1.54) is 51.6 Å². The first-order valence-electron chi connectivity index (χ1n) is 9.03. The summed E-state index contributed by atoms with van der Waals surface area (Å²) in [5, 5.41) is 0. The van der Waals surface area contributed by atoms with Gasteiger partial charge in [0, 0.05) is 18.4 Å². The van der Waals surface area contributed by atoms with Gasteiger partial charge in [-0.2, -0.15) is 0 Å². The Morgan fingerprint density at radius 3 is 2.57 bits per heavy atom. The number of esters is 1. The smallest absolute Gasteiger partial charge is 0.302 e. The van der Waals surface area contributed by atoms with E-state index in [0.717, 1.165) is 24.2 Å². The Morgan fingerprint density at radius 2 is 1.86 bits per heavy atom. The Morgan fingerprint density at radius 1 is 1.14 bits per heavy atom. The van der Waals surface area contributed by atoms with Crippen LogP contribution in [0.1, 0.15) is 58.8 Å². The zero-order chi connectivity index (χ0) is 14.6. The van der Waals surface area contributed by atoms with E-state index in [4.69, 9.17) is 4.74 Å². The van der Waals surface area contributed by atoms with E-state index < -0.39 is 0 Å². The quantitative estimate of drug-likeness (QED) is 0.695. The van der Waals surface area contributed by atoms with E-state index in [1.807, 2.05) is 0 Å². The van der Waals surface area contributed by atoms with Crippen molar-refractivity contribution >= 4 is 5.97 Å². The van der Waals surface area contributed by atoms with Gasteiger partial charge < -0.3 is 4.74 Å². The van der Waals surface area contributed by atoms with Crippen LogP contribution in [0.3, 0.4) is 0 Å². The molecule has 3 heteroatoms. The number of rotatable bonds is 1. The lowest BCUT2D eigenvalue weighted by molar-refractivity contribution is -0.207. The first-order chi connectivity index (χ1) is 10.1. The maximum Gasteiger partial charge on any atom is 0.302 e. The molecule has 2 heterocycles. The van der Waals surface area contributed by atoms with Gasteiger partial charge in [-0.15, -0.1) is 0 Å². The molecule has 2 aliphatic carbocycles. The summed E-state index contributed by atoms with van der Waals surface area (Å²) in [5.41, 5.74) is 0.372. The van der Waals surface area contributed by atoms with Crippen molar-refractivity contribution in [3.05, 3.63) is 0 Å². The van der Waals surface area contributed by atoms with Gasteiger partial charge in [-0.3, -0.25) is 9.69 Å². The van der Waals surface area contributed by atoms with Gasteiger partial charge in [-0.05, 0) is 75.8 Å². The standard InChI is InChI=1S/C18H29NO2/c1-12-9-14-10-17(21-13(2)20)16-6-4-8-19-7-3-5-15(14)18(16,19)11-12/h12,14-17H,3-11H2,1-2H3/t12-,14+,15-,16-,17-,18-/m1/s1. The van der Waals surface area contributed by atoms with Crippen molar-refractivity contribution in [2.75, 3.05) is 13.1 Å². The van der Waals surface area contributed by atoms with Crippen LogP contribution in [0.15, 0.2) is 0 Å². The Bertz CT molecular complexity index is 435. The Labute approximate surface area is 128 Å². The maximum absolute atomic E-state index is 11.6.